The van der Waals surface area contributed by atoms with Crippen molar-refractivity contribution in [1.82, 2.24) is 0 Å². The predicted molar refractivity (Wildman–Crippen MR) is 106 cm³/mol. The topological polar surface area (TPSA) is 83.1 Å². The van der Waals surface area contributed by atoms with E-state index in [-0.39, 0.29) is 30.4 Å². The molecule has 0 fully saturated rings. The van der Waals surface area contributed by atoms with E-state index in [0.29, 0.717) is 11.5 Å². The van der Waals surface area contributed by atoms with Crippen LogP contribution in [0.3, 0.4) is 0 Å². The normalized spacial score (nSPS) is 10.2. The van der Waals surface area contributed by atoms with Crippen molar-refractivity contribution < 1.29 is 28.5 Å². The van der Waals surface area contributed by atoms with Crippen LogP contribution in [0, 0.1) is 13.8 Å². The highest BCUT2D eigenvalue weighted by molar-refractivity contribution is 6.01. The highest BCUT2D eigenvalue weighted by atomic mass is 16.6. The number of hydrogen-bond donors (Lipinski definition) is 1. The largest absolute Gasteiger partial charge is 0.493 e. The number of carbonyl (C=O) groups excluding carboxylic acids is 2. The second-order valence-electron chi connectivity index (χ2n) is 6.19. The van der Waals surface area contributed by atoms with Crippen LogP contribution < -0.4 is 19.5 Å². The lowest BCUT2D eigenvalue weighted by molar-refractivity contribution is -0.114. The van der Waals surface area contributed by atoms with Gasteiger partial charge in [-0.3, -0.25) is 4.79 Å². The minimum Gasteiger partial charge on any atom is -0.493 e. The number of carbonyl (C=O) groups is 2. The summed E-state index contributed by atoms with van der Waals surface area (Å²) in [7, 11) is 2.93. The van der Waals surface area contributed by atoms with Crippen LogP contribution >= 0.6 is 0 Å². The molecule has 2 aromatic rings. The third kappa shape index (κ3) is 5.39. The number of nitrogens with one attached hydrogen (secondary N) is 1. The third-order valence-corrected chi connectivity index (χ3v) is 3.97. The molecule has 28 heavy (non-hydrogen) atoms. The van der Waals surface area contributed by atoms with Gasteiger partial charge < -0.3 is 24.3 Å². The molecule has 0 heterocycles. The summed E-state index contributed by atoms with van der Waals surface area (Å²) in [5, 5.41) is 2.60. The molecular formula is C21H25NO6. The highest BCUT2D eigenvalue weighted by Crippen LogP contribution is 2.33. The second-order valence-corrected chi connectivity index (χ2v) is 6.19. The Kier molecular flexibility index (Phi) is 7.26. The van der Waals surface area contributed by atoms with Crippen molar-refractivity contribution >= 4 is 17.6 Å². The van der Waals surface area contributed by atoms with E-state index in [9.17, 15) is 9.59 Å². The Bertz CT molecular complexity index is 862. The summed E-state index contributed by atoms with van der Waals surface area (Å²) in [6, 6.07) is 8.89. The van der Waals surface area contributed by atoms with Crippen molar-refractivity contribution in [1.29, 1.82) is 0 Å². The summed E-state index contributed by atoms with van der Waals surface area (Å²) in [5.74, 6) is 0.575. The Hall–Kier alpha value is -3.22. The summed E-state index contributed by atoms with van der Waals surface area (Å²) in [4.78, 5) is 24.0. The van der Waals surface area contributed by atoms with Gasteiger partial charge in [-0.2, -0.15) is 0 Å². The molecular weight excluding hydrogens is 362 g/mol. The summed E-state index contributed by atoms with van der Waals surface area (Å²) < 4.78 is 21.4. The smallest absolute Gasteiger partial charge is 0.340 e. The van der Waals surface area contributed by atoms with Gasteiger partial charge in [0.2, 0.25) is 5.91 Å². The number of methoxy groups -OCH3 is 2. The zero-order chi connectivity index (χ0) is 20.7. The van der Waals surface area contributed by atoms with E-state index in [4.69, 9.17) is 18.9 Å². The molecule has 0 spiro atoms. The lowest BCUT2D eigenvalue weighted by Gasteiger charge is -2.15. The number of aryl methyl sites for hydroxylation is 2. The van der Waals surface area contributed by atoms with E-state index in [0.717, 1.165) is 16.9 Å². The number of benzene rings is 2. The zero-order valence-corrected chi connectivity index (χ0v) is 16.8. The molecule has 0 aliphatic heterocycles. The highest BCUT2D eigenvalue weighted by Gasteiger charge is 2.19. The predicted octanol–water partition coefficient (Wildman–Crippen LogP) is 3.51. The maximum Gasteiger partial charge on any atom is 0.340 e. The van der Waals surface area contributed by atoms with Crippen molar-refractivity contribution in [2.45, 2.75) is 20.8 Å². The minimum atomic E-state index is -0.603. The summed E-state index contributed by atoms with van der Waals surface area (Å²) in [6.45, 7) is 5.54. The first kappa shape index (κ1) is 21.1. The van der Waals surface area contributed by atoms with E-state index in [1.165, 1.54) is 33.3 Å². The van der Waals surface area contributed by atoms with Crippen LogP contribution in [-0.4, -0.2) is 39.3 Å². The van der Waals surface area contributed by atoms with Crippen molar-refractivity contribution in [2.75, 3.05) is 32.8 Å². The molecule has 0 aliphatic carbocycles. The van der Waals surface area contributed by atoms with Crippen molar-refractivity contribution in [3.63, 3.8) is 0 Å². The van der Waals surface area contributed by atoms with Gasteiger partial charge in [-0.05, 0) is 31.0 Å². The quantitative estimate of drug-likeness (QED) is 0.551. The Labute approximate surface area is 164 Å². The number of amides is 1. The Balaban J connectivity index is 2.07. The molecule has 150 valence electrons. The number of rotatable bonds is 8. The summed E-state index contributed by atoms with van der Waals surface area (Å²) in [6.07, 6.45) is 0. The minimum absolute atomic E-state index is 0.0556. The van der Waals surface area contributed by atoms with Crippen LogP contribution in [0.4, 0.5) is 5.69 Å². The summed E-state index contributed by atoms with van der Waals surface area (Å²) >= 11 is 0. The fraction of sp³-hybridized carbons (Fsp3) is 0.333. The first-order valence-electron chi connectivity index (χ1n) is 8.76. The number of hydrogen-bond acceptors (Lipinski definition) is 6. The number of anilines is 1. The van der Waals surface area contributed by atoms with Crippen LogP contribution in [0.2, 0.25) is 0 Å². The molecule has 0 unspecified atom stereocenters. The molecule has 7 heteroatoms. The van der Waals surface area contributed by atoms with E-state index in [2.05, 4.69) is 5.32 Å². The van der Waals surface area contributed by atoms with Gasteiger partial charge in [0.1, 0.15) is 19.0 Å². The number of esters is 1. The van der Waals surface area contributed by atoms with Gasteiger partial charge in [0.15, 0.2) is 11.5 Å². The molecule has 1 N–H and O–H groups in total. The van der Waals surface area contributed by atoms with Gasteiger partial charge in [-0.15, -0.1) is 0 Å². The summed E-state index contributed by atoms with van der Waals surface area (Å²) in [5.41, 5.74) is 2.54. The van der Waals surface area contributed by atoms with Crippen LogP contribution in [0.15, 0.2) is 30.3 Å². The first-order chi connectivity index (χ1) is 13.3. The van der Waals surface area contributed by atoms with E-state index >= 15 is 0 Å². The molecule has 0 aliphatic rings. The van der Waals surface area contributed by atoms with Crippen LogP contribution in [0.5, 0.6) is 17.2 Å². The Morgan fingerprint density at radius 3 is 2.25 bits per heavy atom. The van der Waals surface area contributed by atoms with Gasteiger partial charge in [-0.25, -0.2) is 4.79 Å². The van der Waals surface area contributed by atoms with E-state index < -0.39 is 5.97 Å². The fourth-order valence-corrected chi connectivity index (χ4v) is 2.57. The molecule has 2 aromatic carbocycles. The van der Waals surface area contributed by atoms with Gasteiger partial charge in [0, 0.05) is 19.1 Å². The molecule has 0 saturated heterocycles. The van der Waals surface area contributed by atoms with Crippen molar-refractivity contribution in [3.8, 4) is 17.2 Å². The standard InChI is InChI=1S/C21H25NO6/c1-13-6-7-14(2)18(10-13)27-8-9-28-21(24)16-11-19(25-4)20(26-5)12-17(16)22-15(3)23/h6-7,10-12H,8-9H2,1-5H3,(H,22,23). The van der Waals surface area contributed by atoms with Gasteiger partial charge in [-0.1, -0.05) is 12.1 Å². The molecule has 2 rings (SSSR count). The first-order valence-corrected chi connectivity index (χ1v) is 8.76. The average molecular weight is 387 g/mol. The SMILES string of the molecule is COc1cc(NC(C)=O)c(C(=O)OCCOc2cc(C)ccc2C)cc1OC. The molecule has 0 saturated carbocycles. The Morgan fingerprint density at radius 2 is 1.61 bits per heavy atom. The second kappa shape index (κ2) is 9.64. The van der Waals surface area contributed by atoms with Crippen LogP contribution in [0.25, 0.3) is 0 Å². The van der Waals surface area contributed by atoms with Gasteiger partial charge in [0.05, 0.1) is 25.5 Å². The third-order valence-electron chi connectivity index (χ3n) is 3.97. The monoisotopic (exact) mass is 387 g/mol. The maximum atomic E-state index is 12.5. The van der Waals surface area contributed by atoms with E-state index in [1.54, 1.807) is 0 Å². The Morgan fingerprint density at radius 1 is 0.929 bits per heavy atom. The average Bonchev–Trinajstić information content (AvgIpc) is 2.66. The van der Waals surface area contributed by atoms with Crippen LogP contribution in [0.1, 0.15) is 28.4 Å². The molecule has 7 nitrogen and oxygen atoms in total. The number of ether oxygens (including phenoxy) is 4. The maximum absolute atomic E-state index is 12.5. The molecule has 0 radical (unpaired) electrons. The lowest BCUT2D eigenvalue weighted by atomic mass is 10.1. The van der Waals surface area contributed by atoms with Gasteiger partial charge in [0.25, 0.3) is 0 Å². The van der Waals surface area contributed by atoms with Gasteiger partial charge >= 0.3 is 5.97 Å². The lowest BCUT2D eigenvalue weighted by Crippen LogP contribution is -2.16. The zero-order valence-electron chi connectivity index (χ0n) is 16.8. The molecule has 0 aromatic heterocycles. The fourth-order valence-electron chi connectivity index (χ4n) is 2.57. The molecule has 0 bridgehead atoms. The molecule has 1 amide bonds. The van der Waals surface area contributed by atoms with Crippen molar-refractivity contribution in [3.05, 3.63) is 47.0 Å². The van der Waals surface area contributed by atoms with Crippen LogP contribution in [-0.2, 0) is 9.53 Å². The van der Waals surface area contributed by atoms with Crippen molar-refractivity contribution in [2.24, 2.45) is 0 Å². The van der Waals surface area contributed by atoms with E-state index in [1.807, 2.05) is 32.0 Å². The molecule has 0 atom stereocenters.